The number of allylic oxidation sites excluding steroid dienone is 2. The Morgan fingerprint density at radius 3 is 1.79 bits per heavy atom. The molecule has 0 bridgehead atoms. The summed E-state index contributed by atoms with van der Waals surface area (Å²) in [5.41, 5.74) is 7.30. The number of rotatable bonds is 12. The molecule has 38 heavy (non-hydrogen) atoms. The minimum atomic E-state index is -0.914. The third kappa shape index (κ3) is 9.44. The molecule has 0 saturated heterocycles. The molecule has 208 valence electrons. The van der Waals surface area contributed by atoms with Crippen molar-refractivity contribution in [2.75, 3.05) is 0 Å². The van der Waals surface area contributed by atoms with Crippen LogP contribution < -0.4 is 0 Å². The van der Waals surface area contributed by atoms with E-state index in [1.807, 2.05) is 0 Å². The first-order valence-corrected chi connectivity index (χ1v) is 18.8. The van der Waals surface area contributed by atoms with E-state index in [2.05, 4.69) is 117 Å². The molecule has 2 atom stereocenters. The van der Waals surface area contributed by atoms with Crippen LogP contribution in [0.2, 0.25) is 26.2 Å². The fourth-order valence-electron chi connectivity index (χ4n) is 4.85. The van der Waals surface area contributed by atoms with E-state index in [9.17, 15) is 4.79 Å². The second kappa shape index (κ2) is 14.0. The SMILES string of the molecule is CCC(=CC=O)c1cccc(CCc2ccc(C(O[Si](C)C)C(C)(C)C)c(C(O[Si](C)C)C(C)(C)C)c2)c1. The topological polar surface area (TPSA) is 35.5 Å². The molecule has 0 spiro atoms. The predicted molar refractivity (Wildman–Crippen MR) is 166 cm³/mol. The Balaban J connectivity index is 2.53. The first kappa shape index (κ1) is 32.4. The highest BCUT2D eigenvalue weighted by atomic mass is 28.3. The van der Waals surface area contributed by atoms with Crippen LogP contribution >= 0.6 is 0 Å². The van der Waals surface area contributed by atoms with Crippen LogP contribution in [0.3, 0.4) is 0 Å². The van der Waals surface area contributed by atoms with E-state index in [1.165, 1.54) is 22.3 Å². The molecule has 2 aromatic carbocycles. The number of carbonyl (C=O) groups excluding carboxylic acids is 1. The maximum atomic E-state index is 11.1. The van der Waals surface area contributed by atoms with Gasteiger partial charge < -0.3 is 8.85 Å². The highest BCUT2D eigenvalue weighted by Gasteiger charge is 2.36. The smallest absolute Gasteiger partial charge is 0.205 e. The van der Waals surface area contributed by atoms with Crippen LogP contribution in [-0.2, 0) is 26.5 Å². The standard InChI is InChI=1S/C33H50O3Si2/c1-12-26(20-21-34)27-15-13-14-24(22-27)16-17-25-18-19-28(30(32(2,3)4)35-37(8)9)29(23-25)31(33(5,6)7)36-38(10)11/h13-15,18-23,30-31H,12,16-17H2,1-11H3. The van der Waals surface area contributed by atoms with Crippen molar-refractivity contribution in [3.05, 3.63) is 76.4 Å². The maximum absolute atomic E-state index is 11.1. The number of hydrogen-bond acceptors (Lipinski definition) is 3. The van der Waals surface area contributed by atoms with Crippen molar-refractivity contribution in [2.24, 2.45) is 10.8 Å². The lowest BCUT2D eigenvalue weighted by Gasteiger charge is -2.39. The van der Waals surface area contributed by atoms with Gasteiger partial charge in [-0.3, -0.25) is 4.79 Å². The van der Waals surface area contributed by atoms with Gasteiger partial charge in [0, 0.05) is 0 Å². The van der Waals surface area contributed by atoms with Gasteiger partial charge in [-0.15, -0.1) is 0 Å². The van der Waals surface area contributed by atoms with Gasteiger partial charge in [-0.25, -0.2) is 0 Å². The lowest BCUT2D eigenvalue weighted by Crippen LogP contribution is -2.31. The van der Waals surface area contributed by atoms with Crippen LogP contribution in [0.4, 0.5) is 0 Å². The van der Waals surface area contributed by atoms with Crippen molar-refractivity contribution in [3.8, 4) is 0 Å². The summed E-state index contributed by atoms with van der Waals surface area (Å²) in [6, 6.07) is 15.6. The fraction of sp³-hybridized carbons (Fsp3) is 0.545. The monoisotopic (exact) mass is 550 g/mol. The Morgan fingerprint density at radius 2 is 1.32 bits per heavy atom. The molecule has 0 aliphatic heterocycles. The quantitative estimate of drug-likeness (QED) is 0.150. The molecular formula is C33H50O3Si2. The van der Waals surface area contributed by atoms with Gasteiger partial charge in [-0.05, 0) is 95.7 Å². The Bertz CT molecular complexity index is 1070. The summed E-state index contributed by atoms with van der Waals surface area (Å²) in [7, 11) is -1.81. The highest BCUT2D eigenvalue weighted by molar-refractivity contribution is 6.48. The molecule has 0 aromatic heterocycles. The van der Waals surface area contributed by atoms with Crippen LogP contribution in [0.15, 0.2) is 48.5 Å². The molecule has 5 heteroatoms. The summed E-state index contributed by atoms with van der Waals surface area (Å²) >= 11 is 0. The molecule has 2 radical (unpaired) electrons. The van der Waals surface area contributed by atoms with Crippen LogP contribution in [-0.4, -0.2) is 24.4 Å². The van der Waals surface area contributed by atoms with Crippen molar-refractivity contribution >= 4 is 29.9 Å². The van der Waals surface area contributed by atoms with Crippen LogP contribution in [0.5, 0.6) is 0 Å². The molecule has 2 rings (SSSR count). The normalized spacial score (nSPS) is 14.7. The lowest BCUT2D eigenvalue weighted by atomic mass is 9.77. The van der Waals surface area contributed by atoms with Gasteiger partial charge in [0.1, 0.15) is 6.29 Å². The van der Waals surface area contributed by atoms with Gasteiger partial charge in [-0.1, -0.05) is 90.9 Å². The number of aryl methyl sites for hydroxylation is 2. The zero-order valence-electron chi connectivity index (χ0n) is 25.7. The second-order valence-corrected chi connectivity index (χ2v) is 17.0. The predicted octanol–water partition coefficient (Wildman–Crippen LogP) is 9.17. The first-order valence-electron chi connectivity index (χ1n) is 14.0. The molecular weight excluding hydrogens is 501 g/mol. The van der Waals surface area contributed by atoms with E-state index in [-0.39, 0.29) is 23.0 Å². The molecule has 0 heterocycles. The number of benzene rings is 2. The summed E-state index contributed by atoms with van der Waals surface area (Å²) in [5, 5.41) is 0. The molecule has 0 amide bonds. The summed E-state index contributed by atoms with van der Waals surface area (Å²) in [5.74, 6) is 0. The summed E-state index contributed by atoms with van der Waals surface area (Å²) in [6.45, 7) is 24.6. The van der Waals surface area contributed by atoms with Gasteiger partial charge in [0.25, 0.3) is 0 Å². The second-order valence-electron chi connectivity index (χ2n) is 12.9. The average molecular weight is 551 g/mol. The van der Waals surface area contributed by atoms with Crippen molar-refractivity contribution in [3.63, 3.8) is 0 Å². The molecule has 0 N–H and O–H groups in total. The third-order valence-electron chi connectivity index (χ3n) is 6.65. The van der Waals surface area contributed by atoms with E-state index >= 15 is 0 Å². The Hall–Kier alpha value is -1.80. The minimum absolute atomic E-state index is 0.00286. The fourth-order valence-corrected chi connectivity index (χ4v) is 6.75. The molecule has 0 saturated carbocycles. The van der Waals surface area contributed by atoms with E-state index < -0.39 is 18.1 Å². The summed E-state index contributed by atoms with van der Waals surface area (Å²) in [4.78, 5) is 11.1. The highest BCUT2D eigenvalue weighted by Crippen LogP contribution is 2.45. The average Bonchev–Trinajstić information content (AvgIpc) is 2.81. The molecule has 2 unspecified atom stereocenters. The van der Waals surface area contributed by atoms with Crippen LogP contribution in [0.1, 0.15) is 94.9 Å². The number of aldehydes is 1. The zero-order valence-corrected chi connectivity index (χ0v) is 27.7. The molecule has 2 aromatic rings. The van der Waals surface area contributed by atoms with E-state index in [4.69, 9.17) is 8.85 Å². The van der Waals surface area contributed by atoms with Crippen molar-refractivity contribution in [2.45, 2.75) is 106 Å². The molecule has 3 nitrogen and oxygen atoms in total. The Kier molecular flexibility index (Phi) is 12.0. The van der Waals surface area contributed by atoms with Crippen molar-refractivity contribution < 1.29 is 13.6 Å². The molecule has 0 fully saturated rings. The van der Waals surface area contributed by atoms with Crippen LogP contribution in [0, 0.1) is 10.8 Å². The van der Waals surface area contributed by atoms with E-state index in [0.717, 1.165) is 36.7 Å². The zero-order chi connectivity index (χ0) is 28.7. The van der Waals surface area contributed by atoms with Gasteiger partial charge in [0.15, 0.2) is 0 Å². The lowest BCUT2D eigenvalue weighted by molar-refractivity contribution is -0.104. The van der Waals surface area contributed by atoms with E-state index in [1.54, 1.807) is 6.08 Å². The number of hydrogen-bond donors (Lipinski definition) is 0. The molecule has 0 aliphatic rings. The van der Waals surface area contributed by atoms with Gasteiger partial charge in [0.05, 0.1) is 12.2 Å². The van der Waals surface area contributed by atoms with Crippen LogP contribution in [0.25, 0.3) is 5.57 Å². The number of carbonyl (C=O) groups is 1. The van der Waals surface area contributed by atoms with Crippen molar-refractivity contribution in [1.29, 1.82) is 0 Å². The Labute approximate surface area is 236 Å². The Morgan fingerprint density at radius 1 is 0.789 bits per heavy atom. The van der Waals surface area contributed by atoms with Gasteiger partial charge in [0.2, 0.25) is 18.1 Å². The van der Waals surface area contributed by atoms with Gasteiger partial charge in [-0.2, -0.15) is 0 Å². The largest absolute Gasteiger partial charge is 0.410 e. The van der Waals surface area contributed by atoms with Crippen molar-refractivity contribution in [1.82, 2.24) is 0 Å². The first-order chi connectivity index (χ1) is 17.7. The maximum Gasteiger partial charge on any atom is 0.205 e. The third-order valence-corrected chi connectivity index (χ3v) is 8.06. The summed E-state index contributed by atoms with van der Waals surface area (Å²) in [6.07, 6.45) is 5.32. The van der Waals surface area contributed by atoms with Gasteiger partial charge >= 0.3 is 0 Å². The summed E-state index contributed by atoms with van der Waals surface area (Å²) < 4.78 is 13.4. The molecule has 0 aliphatic carbocycles. The van der Waals surface area contributed by atoms with E-state index in [0.29, 0.717) is 0 Å². The minimum Gasteiger partial charge on any atom is -0.410 e.